The molecular formula is C7H16N. The van der Waals surface area contributed by atoms with E-state index in [-0.39, 0.29) is 0 Å². The Hall–Kier alpha value is -0.0400. The van der Waals surface area contributed by atoms with Gasteiger partial charge in [-0.3, -0.25) is 0 Å². The van der Waals surface area contributed by atoms with Crippen LogP contribution in [0.1, 0.15) is 32.6 Å². The monoisotopic (exact) mass is 114 g/mol. The first kappa shape index (κ1) is 7.96. The fourth-order valence-corrected chi connectivity index (χ4v) is 0.777. The van der Waals surface area contributed by atoms with Crippen molar-refractivity contribution in [2.24, 2.45) is 5.73 Å². The number of hydrogen-bond acceptors (Lipinski definition) is 1. The molecule has 0 rings (SSSR count). The Labute approximate surface area is 52.3 Å². The Morgan fingerprint density at radius 2 is 2.12 bits per heavy atom. The van der Waals surface area contributed by atoms with E-state index in [2.05, 4.69) is 13.8 Å². The van der Waals surface area contributed by atoms with Crippen LogP contribution in [0.5, 0.6) is 0 Å². The Morgan fingerprint density at radius 3 is 2.50 bits per heavy atom. The molecule has 0 aromatic rings. The van der Waals surface area contributed by atoms with Crippen LogP contribution in [0.25, 0.3) is 0 Å². The topological polar surface area (TPSA) is 26.0 Å². The molecule has 0 saturated carbocycles. The summed E-state index contributed by atoms with van der Waals surface area (Å²) < 4.78 is 0. The van der Waals surface area contributed by atoms with Gasteiger partial charge < -0.3 is 5.73 Å². The summed E-state index contributed by atoms with van der Waals surface area (Å²) in [5.74, 6) is 0. The van der Waals surface area contributed by atoms with Gasteiger partial charge >= 0.3 is 0 Å². The highest BCUT2D eigenvalue weighted by molar-refractivity contribution is 4.59. The first-order valence-electron chi connectivity index (χ1n) is 3.36. The number of hydrogen-bond donors (Lipinski definition) is 1. The molecule has 0 aliphatic heterocycles. The Balaban J connectivity index is 2.92. The van der Waals surface area contributed by atoms with Gasteiger partial charge in [-0.2, -0.15) is 0 Å². The summed E-state index contributed by atoms with van der Waals surface area (Å²) in [6.45, 7) is 5.88. The van der Waals surface area contributed by atoms with Crippen molar-refractivity contribution in [1.82, 2.24) is 0 Å². The van der Waals surface area contributed by atoms with Gasteiger partial charge in [0.2, 0.25) is 0 Å². The van der Waals surface area contributed by atoms with Gasteiger partial charge in [0.15, 0.2) is 0 Å². The first-order chi connectivity index (χ1) is 3.81. The third-order valence-corrected chi connectivity index (χ3v) is 1.23. The van der Waals surface area contributed by atoms with E-state index in [1.54, 1.807) is 0 Å². The molecule has 0 aliphatic rings. The number of rotatable bonds is 4. The second kappa shape index (κ2) is 5.10. The summed E-state index contributed by atoms with van der Waals surface area (Å²) in [6.07, 6.45) is 4.39. The summed E-state index contributed by atoms with van der Waals surface area (Å²) >= 11 is 0. The van der Waals surface area contributed by atoms with Crippen molar-refractivity contribution in [3.63, 3.8) is 0 Å². The molecule has 0 aliphatic carbocycles. The summed E-state index contributed by atoms with van der Waals surface area (Å²) in [4.78, 5) is 0. The highest BCUT2D eigenvalue weighted by atomic mass is 14.6. The van der Waals surface area contributed by atoms with E-state index >= 15 is 0 Å². The van der Waals surface area contributed by atoms with E-state index in [4.69, 9.17) is 5.73 Å². The standard InChI is InChI=1S/C7H16N/c1-3-5-7(8)6-4-2/h7H,1,3-6,8H2,2H3. The summed E-state index contributed by atoms with van der Waals surface area (Å²) in [7, 11) is 0. The second-order valence-electron chi connectivity index (χ2n) is 2.19. The van der Waals surface area contributed by atoms with E-state index in [0.717, 1.165) is 19.3 Å². The minimum absolute atomic E-state index is 0.400. The van der Waals surface area contributed by atoms with Crippen molar-refractivity contribution in [2.45, 2.75) is 38.6 Å². The van der Waals surface area contributed by atoms with Gasteiger partial charge in [-0.15, -0.1) is 0 Å². The van der Waals surface area contributed by atoms with Crippen LogP contribution >= 0.6 is 0 Å². The van der Waals surface area contributed by atoms with E-state index < -0.39 is 0 Å². The molecular weight excluding hydrogens is 98.1 g/mol. The number of nitrogens with two attached hydrogens (primary N) is 1. The molecule has 1 radical (unpaired) electrons. The highest BCUT2D eigenvalue weighted by Crippen LogP contribution is 1.99. The minimum Gasteiger partial charge on any atom is -0.328 e. The van der Waals surface area contributed by atoms with Crippen LogP contribution in [0.2, 0.25) is 0 Å². The van der Waals surface area contributed by atoms with Crippen molar-refractivity contribution in [3.05, 3.63) is 6.92 Å². The molecule has 0 fully saturated rings. The lowest BCUT2D eigenvalue weighted by atomic mass is 10.1. The van der Waals surface area contributed by atoms with Crippen LogP contribution in [0.3, 0.4) is 0 Å². The lowest BCUT2D eigenvalue weighted by Crippen LogP contribution is -2.18. The SMILES string of the molecule is [CH2]CCC(N)CCC. The van der Waals surface area contributed by atoms with Crippen molar-refractivity contribution in [1.29, 1.82) is 0 Å². The van der Waals surface area contributed by atoms with Crippen LogP contribution < -0.4 is 5.73 Å². The molecule has 1 heteroatoms. The van der Waals surface area contributed by atoms with Crippen molar-refractivity contribution < 1.29 is 0 Å². The Kier molecular flexibility index (Phi) is 5.08. The molecule has 1 atom stereocenters. The van der Waals surface area contributed by atoms with Crippen molar-refractivity contribution in [2.75, 3.05) is 0 Å². The molecule has 0 aromatic heterocycles. The molecule has 0 aromatic carbocycles. The maximum absolute atomic E-state index is 5.65. The largest absolute Gasteiger partial charge is 0.328 e. The fraction of sp³-hybridized carbons (Fsp3) is 0.857. The second-order valence-corrected chi connectivity index (χ2v) is 2.19. The molecule has 0 saturated heterocycles. The molecule has 49 valence electrons. The average Bonchev–Trinajstić information content (AvgIpc) is 1.68. The maximum Gasteiger partial charge on any atom is 0.00387 e. The van der Waals surface area contributed by atoms with Crippen molar-refractivity contribution >= 4 is 0 Å². The van der Waals surface area contributed by atoms with E-state index in [1.807, 2.05) is 0 Å². The van der Waals surface area contributed by atoms with Gasteiger partial charge in [-0.25, -0.2) is 0 Å². The quantitative estimate of drug-likeness (QED) is 0.591. The Bertz CT molecular complexity index is 37.7. The van der Waals surface area contributed by atoms with E-state index in [9.17, 15) is 0 Å². The summed E-state index contributed by atoms with van der Waals surface area (Å²) in [5, 5.41) is 0. The fourth-order valence-electron chi connectivity index (χ4n) is 0.777. The minimum atomic E-state index is 0.400. The van der Waals surface area contributed by atoms with Crippen LogP contribution in [-0.2, 0) is 0 Å². The Morgan fingerprint density at radius 1 is 1.50 bits per heavy atom. The van der Waals surface area contributed by atoms with Gasteiger partial charge in [-0.05, 0) is 12.8 Å². The zero-order chi connectivity index (χ0) is 6.41. The molecule has 2 N–H and O–H groups in total. The van der Waals surface area contributed by atoms with Crippen LogP contribution in [-0.4, -0.2) is 6.04 Å². The van der Waals surface area contributed by atoms with E-state index in [1.165, 1.54) is 6.42 Å². The van der Waals surface area contributed by atoms with Gasteiger partial charge in [0.1, 0.15) is 0 Å². The van der Waals surface area contributed by atoms with Crippen LogP contribution in [0.4, 0.5) is 0 Å². The summed E-state index contributed by atoms with van der Waals surface area (Å²) in [6, 6.07) is 0.400. The van der Waals surface area contributed by atoms with E-state index in [0.29, 0.717) is 6.04 Å². The molecule has 1 unspecified atom stereocenters. The molecule has 8 heavy (non-hydrogen) atoms. The third kappa shape index (κ3) is 4.13. The van der Waals surface area contributed by atoms with Gasteiger partial charge in [-0.1, -0.05) is 26.7 Å². The zero-order valence-electron chi connectivity index (χ0n) is 5.69. The molecule has 1 nitrogen and oxygen atoms in total. The first-order valence-corrected chi connectivity index (χ1v) is 3.36. The molecule has 0 amide bonds. The molecule has 0 bridgehead atoms. The average molecular weight is 114 g/mol. The lowest BCUT2D eigenvalue weighted by molar-refractivity contribution is 0.565. The summed E-state index contributed by atoms with van der Waals surface area (Å²) in [5.41, 5.74) is 5.65. The molecule has 0 heterocycles. The normalized spacial score (nSPS) is 10.5. The van der Waals surface area contributed by atoms with Crippen LogP contribution in [0.15, 0.2) is 0 Å². The van der Waals surface area contributed by atoms with Gasteiger partial charge in [0.05, 0.1) is 0 Å². The predicted octanol–water partition coefficient (Wildman–Crippen LogP) is 1.73. The van der Waals surface area contributed by atoms with Crippen molar-refractivity contribution in [3.8, 4) is 0 Å². The predicted molar refractivity (Wildman–Crippen MR) is 37.5 cm³/mol. The van der Waals surface area contributed by atoms with Crippen LogP contribution in [0, 0.1) is 6.92 Å². The third-order valence-electron chi connectivity index (χ3n) is 1.23. The highest BCUT2D eigenvalue weighted by Gasteiger charge is 1.95. The lowest BCUT2D eigenvalue weighted by Gasteiger charge is -2.05. The maximum atomic E-state index is 5.65. The smallest absolute Gasteiger partial charge is 0.00387 e. The van der Waals surface area contributed by atoms with Gasteiger partial charge in [0.25, 0.3) is 0 Å². The van der Waals surface area contributed by atoms with Gasteiger partial charge in [0, 0.05) is 6.04 Å². The zero-order valence-corrected chi connectivity index (χ0v) is 5.69. The molecule has 0 spiro atoms.